The minimum absolute atomic E-state index is 0.0598. The van der Waals surface area contributed by atoms with Crippen LogP contribution in [-0.4, -0.2) is 17.3 Å². The number of rotatable bonds is 8. The van der Waals surface area contributed by atoms with Gasteiger partial charge in [0.25, 0.3) is 0 Å². The molecule has 1 atom stereocenters. The van der Waals surface area contributed by atoms with Gasteiger partial charge in [-0.25, -0.2) is 0 Å². The van der Waals surface area contributed by atoms with Gasteiger partial charge >= 0.3 is 0 Å². The summed E-state index contributed by atoms with van der Waals surface area (Å²) < 4.78 is 0. The quantitative estimate of drug-likeness (QED) is 0.632. The lowest BCUT2D eigenvalue weighted by molar-refractivity contribution is -0.128. The molecule has 0 radical (unpaired) electrons. The molecule has 0 amide bonds. The average Bonchev–Trinajstić information content (AvgIpc) is 2.13. The molecule has 0 fully saturated rings. The largest absolute Gasteiger partial charge is 0.300 e. The third-order valence-electron chi connectivity index (χ3n) is 3.64. The zero-order valence-corrected chi connectivity index (χ0v) is 13.1. The van der Waals surface area contributed by atoms with E-state index in [1.165, 1.54) is 13.8 Å². The molecule has 19 heavy (non-hydrogen) atoms. The molecule has 0 saturated heterocycles. The maximum absolute atomic E-state index is 11.7. The van der Waals surface area contributed by atoms with Gasteiger partial charge < -0.3 is 4.79 Å². The molecule has 1 unspecified atom stereocenters. The summed E-state index contributed by atoms with van der Waals surface area (Å²) in [5.74, 6) is 0.101. The van der Waals surface area contributed by atoms with Crippen molar-refractivity contribution in [2.45, 2.75) is 60.8 Å². The summed E-state index contributed by atoms with van der Waals surface area (Å²) in [5.41, 5.74) is -0.381. The van der Waals surface area contributed by atoms with E-state index < -0.39 is 10.8 Å². The highest BCUT2D eigenvalue weighted by Crippen LogP contribution is 2.41. The number of hydrogen-bond acceptors (Lipinski definition) is 3. The summed E-state index contributed by atoms with van der Waals surface area (Å²) >= 11 is 0. The smallest absolute Gasteiger partial charge is 0.155 e. The third-order valence-corrected chi connectivity index (χ3v) is 3.64. The zero-order valence-electron chi connectivity index (χ0n) is 13.1. The van der Waals surface area contributed by atoms with Gasteiger partial charge in [-0.1, -0.05) is 27.4 Å². The Bertz CT molecular complexity index is 404. The fraction of sp³-hybridized carbons (Fsp3) is 0.688. The van der Waals surface area contributed by atoms with Crippen LogP contribution >= 0.6 is 0 Å². The highest BCUT2D eigenvalue weighted by Gasteiger charge is 2.36. The maximum Gasteiger partial charge on any atom is 0.155 e. The van der Waals surface area contributed by atoms with E-state index in [2.05, 4.69) is 6.58 Å². The SMILES string of the molecule is C=C(CC(C)(CC(C)=O)CC(C)(C)C(C)=O)C(C)=O. The van der Waals surface area contributed by atoms with Gasteiger partial charge in [-0.05, 0) is 44.6 Å². The molecule has 3 heteroatoms. The number of hydrogen-bond donors (Lipinski definition) is 0. The Hall–Kier alpha value is -1.25. The van der Waals surface area contributed by atoms with Crippen molar-refractivity contribution in [1.29, 1.82) is 0 Å². The minimum Gasteiger partial charge on any atom is -0.300 e. The van der Waals surface area contributed by atoms with E-state index in [1.807, 2.05) is 20.8 Å². The van der Waals surface area contributed by atoms with Crippen LogP contribution in [0.5, 0.6) is 0 Å². The van der Waals surface area contributed by atoms with Gasteiger partial charge in [-0.15, -0.1) is 0 Å². The van der Waals surface area contributed by atoms with Crippen LogP contribution in [0.2, 0.25) is 0 Å². The van der Waals surface area contributed by atoms with E-state index in [-0.39, 0.29) is 17.3 Å². The Morgan fingerprint density at radius 2 is 1.42 bits per heavy atom. The second kappa shape index (κ2) is 6.27. The van der Waals surface area contributed by atoms with E-state index in [9.17, 15) is 14.4 Å². The van der Waals surface area contributed by atoms with Gasteiger partial charge in [0.15, 0.2) is 5.78 Å². The van der Waals surface area contributed by atoms with Crippen LogP contribution in [0.1, 0.15) is 60.8 Å². The molecule has 0 spiro atoms. The van der Waals surface area contributed by atoms with Crippen molar-refractivity contribution in [3.05, 3.63) is 12.2 Å². The second-order valence-electron chi connectivity index (χ2n) is 6.64. The van der Waals surface area contributed by atoms with Crippen LogP contribution in [0.25, 0.3) is 0 Å². The first-order valence-electron chi connectivity index (χ1n) is 6.59. The predicted octanol–water partition coefficient (Wildman–Crippen LogP) is 3.51. The molecule has 0 aliphatic carbocycles. The highest BCUT2D eigenvalue weighted by molar-refractivity contribution is 5.92. The average molecular weight is 266 g/mol. The highest BCUT2D eigenvalue weighted by atomic mass is 16.1. The number of Topliss-reactive ketones (excluding diaryl/α,β-unsaturated/α-hetero) is 3. The van der Waals surface area contributed by atoms with Crippen molar-refractivity contribution in [2.24, 2.45) is 10.8 Å². The molecule has 0 rings (SSSR count). The summed E-state index contributed by atoms with van der Waals surface area (Å²) in [4.78, 5) is 34.5. The molecule has 0 heterocycles. The first kappa shape index (κ1) is 17.8. The van der Waals surface area contributed by atoms with Crippen molar-refractivity contribution in [1.82, 2.24) is 0 Å². The molecular formula is C16H26O3. The number of carbonyl (C=O) groups is 3. The number of carbonyl (C=O) groups excluding carboxylic acids is 3. The Kier molecular flexibility index (Phi) is 5.85. The van der Waals surface area contributed by atoms with Crippen LogP contribution < -0.4 is 0 Å². The topological polar surface area (TPSA) is 51.2 Å². The lowest BCUT2D eigenvalue weighted by Gasteiger charge is -2.36. The third kappa shape index (κ3) is 5.95. The summed E-state index contributed by atoms with van der Waals surface area (Å²) in [7, 11) is 0. The molecule has 0 aliphatic rings. The molecule has 0 aromatic heterocycles. The summed E-state index contributed by atoms with van der Waals surface area (Å²) in [6.45, 7) is 14.1. The van der Waals surface area contributed by atoms with Crippen molar-refractivity contribution in [2.75, 3.05) is 0 Å². The molecule has 0 aromatic carbocycles. The number of allylic oxidation sites excluding steroid dienone is 1. The molecule has 0 aliphatic heterocycles. The molecule has 3 nitrogen and oxygen atoms in total. The zero-order chi connectivity index (χ0) is 15.4. The minimum atomic E-state index is -0.499. The normalized spacial score (nSPS) is 14.6. The van der Waals surface area contributed by atoms with E-state index in [1.54, 1.807) is 6.92 Å². The first-order chi connectivity index (χ1) is 8.39. The Morgan fingerprint density at radius 3 is 1.74 bits per heavy atom. The predicted molar refractivity (Wildman–Crippen MR) is 76.9 cm³/mol. The monoisotopic (exact) mass is 266 g/mol. The molecule has 0 N–H and O–H groups in total. The van der Waals surface area contributed by atoms with Gasteiger partial charge in [0.05, 0.1) is 0 Å². The fourth-order valence-electron chi connectivity index (χ4n) is 2.62. The van der Waals surface area contributed by atoms with Crippen molar-refractivity contribution >= 4 is 17.3 Å². The Balaban J connectivity index is 5.18. The summed E-state index contributed by atoms with van der Waals surface area (Å²) in [6.07, 6.45) is 1.38. The van der Waals surface area contributed by atoms with Crippen LogP contribution in [0, 0.1) is 10.8 Å². The van der Waals surface area contributed by atoms with Crippen LogP contribution in [0.4, 0.5) is 0 Å². The molecular weight excluding hydrogens is 240 g/mol. The van der Waals surface area contributed by atoms with Gasteiger partial charge in [-0.3, -0.25) is 9.59 Å². The summed E-state index contributed by atoms with van der Waals surface area (Å²) in [6, 6.07) is 0. The van der Waals surface area contributed by atoms with Crippen LogP contribution in [-0.2, 0) is 14.4 Å². The number of ketones is 3. The van der Waals surface area contributed by atoms with Crippen molar-refractivity contribution in [3.63, 3.8) is 0 Å². The Labute approximate surface area is 116 Å². The molecule has 0 bridgehead atoms. The Morgan fingerprint density at radius 1 is 0.947 bits per heavy atom. The van der Waals surface area contributed by atoms with Crippen molar-refractivity contribution < 1.29 is 14.4 Å². The van der Waals surface area contributed by atoms with Crippen LogP contribution in [0.15, 0.2) is 12.2 Å². The van der Waals surface area contributed by atoms with Gasteiger partial charge in [-0.2, -0.15) is 0 Å². The first-order valence-corrected chi connectivity index (χ1v) is 6.59. The molecule has 0 aromatic rings. The second-order valence-corrected chi connectivity index (χ2v) is 6.64. The van der Waals surface area contributed by atoms with E-state index in [0.717, 1.165) is 0 Å². The van der Waals surface area contributed by atoms with Crippen molar-refractivity contribution in [3.8, 4) is 0 Å². The standard InChI is InChI=1S/C16H26O3/c1-11(13(3)18)8-16(7,9-12(2)17)10-15(5,6)14(4)19/h1,8-10H2,2-7H3. The van der Waals surface area contributed by atoms with Gasteiger partial charge in [0.1, 0.15) is 11.6 Å². The van der Waals surface area contributed by atoms with E-state index in [4.69, 9.17) is 0 Å². The fourth-order valence-corrected chi connectivity index (χ4v) is 2.62. The van der Waals surface area contributed by atoms with E-state index >= 15 is 0 Å². The lowest BCUT2D eigenvalue weighted by Crippen LogP contribution is -2.32. The lowest BCUT2D eigenvalue weighted by atomic mass is 9.67. The van der Waals surface area contributed by atoms with Crippen LogP contribution in [0.3, 0.4) is 0 Å². The maximum atomic E-state index is 11.7. The molecule has 108 valence electrons. The van der Waals surface area contributed by atoms with Gasteiger partial charge in [0, 0.05) is 11.8 Å². The van der Waals surface area contributed by atoms with Gasteiger partial charge in [0.2, 0.25) is 0 Å². The summed E-state index contributed by atoms with van der Waals surface area (Å²) in [5, 5.41) is 0. The van der Waals surface area contributed by atoms with E-state index in [0.29, 0.717) is 24.8 Å². The molecule has 0 saturated carbocycles.